The normalized spacial score (nSPS) is 11.6. The van der Waals surface area contributed by atoms with E-state index in [1.54, 1.807) is 47.7 Å². The summed E-state index contributed by atoms with van der Waals surface area (Å²) >= 11 is 1.59. The molecule has 0 aliphatic rings. The van der Waals surface area contributed by atoms with Crippen molar-refractivity contribution >= 4 is 34.5 Å². The first-order chi connectivity index (χ1) is 13.0. The standard InChI is InChI=1S/C21H19FN2O2S/c1-14(25)23-17-8-10-18(11-9-17)24-21(26)20(13-19-3-2-12-27-19)15-4-6-16(22)7-5-15/h2-12,20H,13H2,1H3,(H,23,25)(H,24,26). The second-order valence-corrected chi connectivity index (χ2v) is 7.17. The summed E-state index contributed by atoms with van der Waals surface area (Å²) in [6.07, 6.45) is 0.541. The number of benzene rings is 2. The summed E-state index contributed by atoms with van der Waals surface area (Å²) in [6, 6.07) is 16.9. The van der Waals surface area contributed by atoms with Crippen LogP contribution >= 0.6 is 11.3 Å². The highest BCUT2D eigenvalue weighted by Crippen LogP contribution is 2.26. The zero-order valence-electron chi connectivity index (χ0n) is 14.7. The molecule has 0 aliphatic carbocycles. The fraction of sp³-hybridized carbons (Fsp3) is 0.143. The van der Waals surface area contributed by atoms with Gasteiger partial charge in [0.2, 0.25) is 11.8 Å². The molecule has 1 unspecified atom stereocenters. The Morgan fingerprint density at radius 3 is 2.15 bits per heavy atom. The van der Waals surface area contributed by atoms with Gasteiger partial charge in [-0.25, -0.2) is 4.39 Å². The van der Waals surface area contributed by atoms with Gasteiger partial charge in [-0.2, -0.15) is 0 Å². The van der Waals surface area contributed by atoms with Crippen molar-refractivity contribution in [1.82, 2.24) is 0 Å². The number of carbonyl (C=O) groups is 2. The molecule has 2 amide bonds. The molecule has 2 aromatic carbocycles. The second kappa shape index (κ2) is 8.60. The minimum atomic E-state index is -0.431. The highest BCUT2D eigenvalue weighted by molar-refractivity contribution is 7.09. The van der Waals surface area contributed by atoms with E-state index in [4.69, 9.17) is 0 Å². The summed E-state index contributed by atoms with van der Waals surface area (Å²) in [5, 5.41) is 7.56. The predicted octanol–water partition coefficient (Wildman–Crippen LogP) is 4.81. The lowest BCUT2D eigenvalue weighted by Crippen LogP contribution is -2.23. The molecule has 27 heavy (non-hydrogen) atoms. The molecule has 3 aromatic rings. The Morgan fingerprint density at radius 2 is 1.59 bits per heavy atom. The van der Waals surface area contributed by atoms with Gasteiger partial charge < -0.3 is 10.6 Å². The fourth-order valence-corrected chi connectivity index (χ4v) is 3.51. The van der Waals surface area contributed by atoms with Gasteiger partial charge in [-0.1, -0.05) is 18.2 Å². The first kappa shape index (κ1) is 18.8. The highest BCUT2D eigenvalue weighted by Gasteiger charge is 2.22. The van der Waals surface area contributed by atoms with Crippen LogP contribution in [0.5, 0.6) is 0 Å². The van der Waals surface area contributed by atoms with Crippen molar-refractivity contribution in [3.63, 3.8) is 0 Å². The smallest absolute Gasteiger partial charge is 0.232 e. The molecule has 0 spiro atoms. The number of anilines is 2. The number of carbonyl (C=O) groups excluding carboxylic acids is 2. The third-order valence-electron chi connectivity index (χ3n) is 4.05. The van der Waals surface area contributed by atoms with E-state index in [0.29, 0.717) is 17.8 Å². The van der Waals surface area contributed by atoms with Crippen LogP contribution in [0.25, 0.3) is 0 Å². The lowest BCUT2D eigenvalue weighted by molar-refractivity contribution is -0.117. The second-order valence-electron chi connectivity index (χ2n) is 6.14. The summed E-state index contributed by atoms with van der Waals surface area (Å²) in [7, 11) is 0. The fourth-order valence-electron chi connectivity index (χ4n) is 2.76. The molecular formula is C21H19FN2O2S. The van der Waals surface area contributed by atoms with Gasteiger partial charge in [0.15, 0.2) is 0 Å². The first-order valence-electron chi connectivity index (χ1n) is 8.47. The Kier molecular flexibility index (Phi) is 5.98. The van der Waals surface area contributed by atoms with E-state index in [1.807, 2.05) is 17.5 Å². The van der Waals surface area contributed by atoms with Gasteiger partial charge in [0.25, 0.3) is 0 Å². The Balaban J connectivity index is 1.77. The average molecular weight is 382 g/mol. The molecule has 1 aromatic heterocycles. The number of hydrogen-bond donors (Lipinski definition) is 2. The zero-order chi connectivity index (χ0) is 19.2. The Hall–Kier alpha value is -2.99. The summed E-state index contributed by atoms with van der Waals surface area (Å²) in [6.45, 7) is 1.44. The van der Waals surface area contributed by atoms with Crippen LogP contribution in [-0.2, 0) is 16.0 Å². The molecule has 2 N–H and O–H groups in total. The van der Waals surface area contributed by atoms with Gasteiger partial charge in [0.1, 0.15) is 5.82 Å². The van der Waals surface area contributed by atoms with Gasteiger partial charge in [-0.3, -0.25) is 9.59 Å². The predicted molar refractivity (Wildman–Crippen MR) is 107 cm³/mol. The number of rotatable bonds is 6. The van der Waals surface area contributed by atoms with Crippen molar-refractivity contribution in [3.8, 4) is 0 Å². The lowest BCUT2D eigenvalue weighted by atomic mass is 9.94. The zero-order valence-corrected chi connectivity index (χ0v) is 15.6. The summed E-state index contributed by atoms with van der Waals surface area (Å²) < 4.78 is 13.3. The van der Waals surface area contributed by atoms with E-state index in [-0.39, 0.29) is 17.6 Å². The van der Waals surface area contributed by atoms with Crippen molar-refractivity contribution in [2.45, 2.75) is 19.3 Å². The maximum absolute atomic E-state index is 13.3. The number of halogens is 1. The summed E-state index contributed by atoms with van der Waals surface area (Å²) in [5.41, 5.74) is 2.05. The molecule has 1 heterocycles. The van der Waals surface area contributed by atoms with Crippen molar-refractivity contribution in [1.29, 1.82) is 0 Å². The van der Waals surface area contributed by atoms with Crippen molar-refractivity contribution < 1.29 is 14.0 Å². The molecule has 4 nitrogen and oxygen atoms in total. The largest absolute Gasteiger partial charge is 0.326 e. The van der Waals surface area contributed by atoms with E-state index < -0.39 is 5.92 Å². The highest BCUT2D eigenvalue weighted by atomic mass is 32.1. The lowest BCUT2D eigenvalue weighted by Gasteiger charge is -2.17. The van der Waals surface area contributed by atoms with E-state index in [2.05, 4.69) is 10.6 Å². The van der Waals surface area contributed by atoms with Crippen LogP contribution < -0.4 is 10.6 Å². The maximum atomic E-state index is 13.3. The molecule has 0 fully saturated rings. The van der Waals surface area contributed by atoms with E-state index in [0.717, 1.165) is 10.4 Å². The molecule has 138 valence electrons. The van der Waals surface area contributed by atoms with Gasteiger partial charge in [0.05, 0.1) is 5.92 Å². The molecular weight excluding hydrogens is 363 g/mol. The molecule has 0 aliphatic heterocycles. The number of nitrogens with one attached hydrogen (secondary N) is 2. The van der Waals surface area contributed by atoms with Crippen LogP contribution in [0.1, 0.15) is 23.3 Å². The van der Waals surface area contributed by atoms with Gasteiger partial charge >= 0.3 is 0 Å². The topological polar surface area (TPSA) is 58.2 Å². The minimum absolute atomic E-state index is 0.154. The number of hydrogen-bond acceptors (Lipinski definition) is 3. The summed E-state index contributed by atoms with van der Waals surface area (Å²) in [4.78, 5) is 25.1. The molecule has 0 saturated carbocycles. The van der Waals surface area contributed by atoms with E-state index in [1.165, 1.54) is 19.1 Å². The molecule has 6 heteroatoms. The van der Waals surface area contributed by atoms with Crippen molar-refractivity contribution in [2.75, 3.05) is 10.6 Å². The third kappa shape index (κ3) is 5.24. The number of amides is 2. The maximum Gasteiger partial charge on any atom is 0.232 e. The van der Waals surface area contributed by atoms with Crippen LogP contribution in [0.3, 0.4) is 0 Å². The minimum Gasteiger partial charge on any atom is -0.326 e. The van der Waals surface area contributed by atoms with Gasteiger partial charge in [0, 0.05) is 23.2 Å². The quantitative estimate of drug-likeness (QED) is 0.643. The first-order valence-corrected chi connectivity index (χ1v) is 9.35. The van der Waals surface area contributed by atoms with Gasteiger partial charge in [-0.15, -0.1) is 11.3 Å². The Bertz CT molecular complexity index is 906. The van der Waals surface area contributed by atoms with Crippen LogP contribution in [0.15, 0.2) is 66.0 Å². The van der Waals surface area contributed by atoms with Crippen LogP contribution in [0.2, 0.25) is 0 Å². The Labute approximate surface area is 161 Å². The van der Waals surface area contributed by atoms with Crippen molar-refractivity contribution in [3.05, 3.63) is 82.3 Å². The van der Waals surface area contributed by atoms with E-state index >= 15 is 0 Å². The molecule has 1 atom stereocenters. The van der Waals surface area contributed by atoms with Crippen LogP contribution in [0, 0.1) is 5.82 Å². The molecule has 0 saturated heterocycles. The SMILES string of the molecule is CC(=O)Nc1ccc(NC(=O)C(Cc2cccs2)c2ccc(F)cc2)cc1. The molecule has 3 rings (SSSR count). The molecule has 0 radical (unpaired) electrons. The monoisotopic (exact) mass is 382 g/mol. The summed E-state index contributed by atoms with van der Waals surface area (Å²) in [5.74, 6) is -1.08. The average Bonchev–Trinajstić information content (AvgIpc) is 3.15. The number of thiophene rings is 1. The van der Waals surface area contributed by atoms with E-state index in [9.17, 15) is 14.0 Å². The molecule has 0 bridgehead atoms. The third-order valence-corrected chi connectivity index (χ3v) is 4.95. The van der Waals surface area contributed by atoms with Crippen molar-refractivity contribution in [2.24, 2.45) is 0 Å². The van der Waals surface area contributed by atoms with Gasteiger partial charge in [-0.05, 0) is 59.8 Å². The van der Waals surface area contributed by atoms with Crippen LogP contribution in [0.4, 0.5) is 15.8 Å². The van der Waals surface area contributed by atoms with Crippen LogP contribution in [-0.4, -0.2) is 11.8 Å². The Morgan fingerprint density at radius 1 is 0.963 bits per heavy atom.